The number of ether oxygens (including phenoxy) is 3. The van der Waals surface area contributed by atoms with Gasteiger partial charge in [-0.2, -0.15) is 5.10 Å². The topological polar surface area (TPSA) is 116 Å². The van der Waals surface area contributed by atoms with Gasteiger partial charge < -0.3 is 30.2 Å². The van der Waals surface area contributed by atoms with Crippen LogP contribution < -0.4 is 30.2 Å². The maximum Gasteiger partial charge on any atom is 0.261 e. The number of rotatable bonds is 9. The lowest BCUT2D eigenvalue weighted by Crippen LogP contribution is -2.32. The molecule has 0 aliphatic carbocycles. The van der Waals surface area contributed by atoms with Gasteiger partial charge in [-0.25, -0.2) is 4.68 Å². The summed E-state index contributed by atoms with van der Waals surface area (Å²) in [6.45, 7) is 4.24. The van der Waals surface area contributed by atoms with Crippen LogP contribution >= 0.6 is 11.6 Å². The summed E-state index contributed by atoms with van der Waals surface area (Å²) in [5, 5.41) is 14.2. The molecule has 0 saturated carbocycles. The Morgan fingerprint density at radius 1 is 0.929 bits per heavy atom. The van der Waals surface area contributed by atoms with Gasteiger partial charge in [0.25, 0.3) is 11.8 Å². The lowest BCUT2D eigenvalue weighted by atomic mass is 9.94. The van der Waals surface area contributed by atoms with E-state index in [-0.39, 0.29) is 11.8 Å². The summed E-state index contributed by atoms with van der Waals surface area (Å²) < 4.78 is 18.1. The molecule has 0 saturated heterocycles. The minimum Gasteiger partial charge on any atom is -0.494 e. The van der Waals surface area contributed by atoms with Gasteiger partial charge in [-0.3, -0.25) is 9.59 Å². The molecule has 1 unspecified atom stereocenters. The van der Waals surface area contributed by atoms with E-state index in [1.54, 1.807) is 86.5 Å². The minimum absolute atomic E-state index is 0.311. The number of allylic oxidation sites excluding steroid dienone is 1. The van der Waals surface area contributed by atoms with E-state index in [9.17, 15) is 9.59 Å². The number of anilines is 3. The Morgan fingerprint density at radius 3 is 2.21 bits per heavy atom. The number of amides is 2. The second-order valence-corrected chi connectivity index (χ2v) is 9.84. The standard InChI is InChI=1S/C31H30ClN5O5/c1-5-42-23-13-11-22(12-14-23)35-30(38)24-17-33-37-28(19-6-15-25(40-3)26(16-19)41-4)27(18(2)34-29(24)37)31(39)36-21-9-7-20(32)8-10-21/h6-17,28,34H,5H2,1-4H3,(H,35,38)(H,36,39). The molecule has 1 aromatic heterocycles. The number of hydrogen-bond donors (Lipinski definition) is 3. The van der Waals surface area contributed by atoms with E-state index < -0.39 is 6.04 Å². The van der Waals surface area contributed by atoms with Gasteiger partial charge in [-0.1, -0.05) is 17.7 Å². The summed E-state index contributed by atoms with van der Waals surface area (Å²) in [4.78, 5) is 27.2. The number of fused-ring (bicyclic) bond motifs is 1. The Morgan fingerprint density at radius 2 is 1.57 bits per heavy atom. The number of hydrogen-bond acceptors (Lipinski definition) is 7. The molecular weight excluding hydrogens is 558 g/mol. The normalized spacial score (nSPS) is 14.0. The Bertz CT molecular complexity index is 1650. The zero-order chi connectivity index (χ0) is 29.8. The largest absolute Gasteiger partial charge is 0.494 e. The molecule has 10 nitrogen and oxygen atoms in total. The number of methoxy groups -OCH3 is 2. The Balaban J connectivity index is 1.53. The van der Waals surface area contributed by atoms with E-state index in [1.807, 2.05) is 13.0 Å². The molecule has 0 bridgehead atoms. The second-order valence-electron chi connectivity index (χ2n) is 9.40. The lowest BCUT2D eigenvalue weighted by Gasteiger charge is -2.30. The maximum absolute atomic E-state index is 13.8. The van der Waals surface area contributed by atoms with E-state index in [2.05, 4.69) is 21.0 Å². The molecule has 42 heavy (non-hydrogen) atoms. The smallest absolute Gasteiger partial charge is 0.261 e. The monoisotopic (exact) mass is 587 g/mol. The van der Waals surface area contributed by atoms with Gasteiger partial charge >= 0.3 is 0 Å². The highest BCUT2D eigenvalue weighted by atomic mass is 35.5. The van der Waals surface area contributed by atoms with Crippen LogP contribution in [0.2, 0.25) is 5.02 Å². The third kappa shape index (κ3) is 5.75. The fourth-order valence-electron chi connectivity index (χ4n) is 4.78. The van der Waals surface area contributed by atoms with Crippen molar-refractivity contribution in [3.63, 3.8) is 0 Å². The first-order valence-electron chi connectivity index (χ1n) is 13.2. The summed E-state index contributed by atoms with van der Waals surface area (Å²) in [6.07, 6.45) is 1.48. The van der Waals surface area contributed by atoms with E-state index in [0.29, 0.717) is 68.5 Å². The zero-order valence-corrected chi connectivity index (χ0v) is 24.3. The van der Waals surface area contributed by atoms with Crippen molar-refractivity contribution in [1.82, 2.24) is 9.78 Å². The number of aromatic nitrogens is 2. The van der Waals surface area contributed by atoms with Crippen LogP contribution in [0.3, 0.4) is 0 Å². The number of benzene rings is 3. The molecule has 0 radical (unpaired) electrons. The molecule has 0 spiro atoms. The summed E-state index contributed by atoms with van der Waals surface area (Å²) in [5.74, 6) is 1.48. The van der Waals surface area contributed by atoms with Crippen LogP contribution in [-0.2, 0) is 4.79 Å². The number of carbonyl (C=O) groups excluding carboxylic acids is 2. The lowest BCUT2D eigenvalue weighted by molar-refractivity contribution is -0.113. The van der Waals surface area contributed by atoms with Crippen LogP contribution in [-0.4, -0.2) is 42.4 Å². The molecule has 11 heteroatoms. The summed E-state index contributed by atoms with van der Waals surface area (Å²) in [5.41, 5.74) is 3.17. The summed E-state index contributed by atoms with van der Waals surface area (Å²) in [6, 6.07) is 18.7. The maximum atomic E-state index is 13.8. The van der Waals surface area contributed by atoms with Crippen molar-refractivity contribution in [3.05, 3.63) is 100 Å². The summed E-state index contributed by atoms with van der Waals surface area (Å²) in [7, 11) is 3.10. The molecule has 2 heterocycles. The van der Waals surface area contributed by atoms with Crippen LogP contribution in [0, 0.1) is 0 Å². The van der Waals surface area contributed by atoms with Gasteiger partial charge in [0.15, 0.2) is 11.5 Å². The fourth-order valence-corrected chi connectivity index (χ4v) is 4.90. The highest BCUT2D eigenvalue weighted by Gasteiger charge is 2.36. The van der Waals surface area contributed by atoms with Crippen LogP contribution in [0.25, 0.3) is 0 Å². The first kappa shape index (κ1) is 28.6. The first-order chi connectivity index (χ1) is 20.3. The van der Waals surface area contributed by atoms with Crippen molar-refractivity contribution >= 4 is 40.6 Å². The van der Waals surface area contributed by atoms with Crippen molar-refractivity contribution in [2.24, 2.45) is 0 Å². The van der Waals surface area contributed by atoms with Gasteiger partial charge in [0.1, 0.15) is 23.2 Å². The molecule has 2 amide bonds. The van der Waals surface area contributed by atoms with E-state index in [0.717, 1.165) is 0 Å². The van der Waals surface area contributed by atoms with Crippen LogP contribution in [0.4, 0.5) is 17.2 Å². The number of nitrogens with zero attached hydrogens (tertiary/aromatic N) is 2. The first-order valence-corrected chi connectivity index (χ1v) is 13.6. The van der Waals surface area contributed by atoms with Crippen molar-refractivity contribution < 1.29 is 23.8 Å². The highest BCUT2D eigenvalue weighted by molar-refractivity contribution is 6.30. The van der Waals surface area contributed by atoms with Crippen molar-refractivity contribution in [1.29, 1.82) is 0 Å². The van der Waals surface area contributed by atoms with E-state index in [4.69, 9.17) is 25.8 Å². The van der Waals surface area contributed by atoms with Gasteiger partial charge in [-0.05, 0) is 80.1 Å². The predicted octanol–water partition coefficient (Wildman–Crippen LogP) is 6.13. The molecule has 1 aliphatic rings. The fraction of sp³-hybridized carbons (Fsp3) is 0.194. The van der Waals surface area contributed by atoms with Gasteiger partial charge in [0.05, 0.1) is 32.6 Å². The van der Waals surface area contributed by atoms with Gasteiger partial charge in [0, 0.05) is 22.1 Å². The average Bonchev–Trinajstić information content (AvgIpc) is 3.41. The molecule has 3 aromatic carbocycles. The Hall–Kier alpha value is -4.96. The summed E-state index contributed by atoms with van der Waals surface area (Å²) >= 11 is 6.03. The number of halogens is 1. The molecule has 3 N–H and O–H groups in total. The average molecular weight is 588 g/mol. The highest BCUT2D eigenvalue weighted by Crippen LogP contribution is 2.40. The van der Waals surface area contributed by atoms with Crippen LogP contribution in [0.1, 0.15) is 35.8 Å². The molecule has 1 aliphatic heterocycles. The molecule has 216 valence electrons. The molecular formula is C31H30ClN5O5. The molecule has 5 rings (SSSR count). The van der Waals surface area contributed by atoms with Crippen LogP contribution in [0.15, 0.2) is 84.2 Å². The van der Waals surface area contributed by atoms with Crippen LogP contribution in [0.5, 0.6) is 17.2 Å². The zero-order valence-electron chi connectivity index (χ0n) is 23.5. The third-order valence-corrected chi connectivity index (χ3v) is 7.01. The minimum atomic E-state index is -0.694. The molecule has 0 fully saturated rings. The van der Waals surface area contributed by atoms with Crippen molar-refractivity contribution in [3.8, 4) is 17.2 Å². The predicted molar refractivity (Wildman–Crippen MR) is 162 cm³/mol. The van der Waals surface area contributed by atoms with Crippen molar-refractivity contribution in [2.45, 2.75) is 19.9 Å². The SMILES string of the molecule is CCOc1ccc(NC(=O)c2cnn3c2NC(C)=C(C(=O)Nc2ccc(Cl)cc2)C3c2ccc(OC)c(OC)c2)cc1. The van der Waals surface area contributed by atoms with Gasteiger partial charge in [-0.15, -0.1) is 0 Å². The van der Waals surface area contributed by atoms with E-state index >= 15 is 0 Å². The molecule has 4 aromatic rings. The quantitative estimate of drug-likeness (QED) is 0.216. The van der Waals surface area contributed by atoms with Gasteiger partial charge in [0.2, 0.25) is 0 Å². The Kier molecular flexibility index (Phi) is 8.35. The number of carbonyl (C=O) groups is 2. The Labute approximate surface area is 248 Å². The van der Waals surface area contributed by atoms with E-state index in [1.165, 1.54) is 6.20 Å². The van der Waals surface area contributed by atoms with Crippen molar-refractivity contribution in [2.75, 3.05) is 36.8 Å². The third-order valence-electron chi connectivity index (χ3n) is 6.76. The second kappa shape index (κ2) is 12.3. The number of nitrogens with one attached hydrogen (secondary N) is 3. The molecule has 1 atom stereocenters.